The third-order valence-corrected chi connectivity index (χ3v) is 4.95. The number of carbonyl (C=O) groups is 1. The predicted octanol–water partition coefficient (Wildman–Crippen LogP) is 2.55. The first-order chi connectivity index (χ1) is 9.75. The fourth-order valence-corrected chi connectivity index (χ4v) is 4.04. The van der Waals surface area contributed by atoms with Crippen LogP contribution in [0, 0.1) is 6.92 Å². The second-order valence-corrected chi connectivity index (χ2v) is 6.27. The summed E-state index contributed by atoms with van der Waals surface area (Å²) in [6.45, 7) is 2.81. The maximum atomic E-state index is 12.7. The number of nitrogens with zero attached hydrogens (tertiary/aromatic N) is 3. The molecule has 2 saturated heterocycles. The summed E-state index contributed by atoms with van der Waals surface area (Å²) in [4.78, 5) is 18.0. The molecule has 2 fully saturated rings. The van der Waals surface area contributed by atoms with Crippen LogP contribution in [0.25, 0.3) is 0 Å². The summed E-state index contributed by atoms with van der Waals surface area (Å²) in [5.74, 6) is 1.50. The van der Waals surface area contributed by atoms with Gasteiger partial charge in [-0.15, -0.1) is 11.3 Å². The first-order valence-electron chi connectivity index (χ1n) is 6.81. The monoisotopic (exact) mass is 289 g/mol. The molecule has 2 aliphatic rings. The predicted molar refractivity (Wildman–Crippen MR) is 75.5 cm³/mol. The molecule has 0 N–H and O–H groups in total. The second kappa shape index (κ2) is 4.43. The van der Waals surface area contributed by atoms with Crippen molar-refractivity contribution in [2.24, 2.45) is 0 Å². The lowest BCUT2D eigenvalue weighted by Gasteiger charge is -2.26. The van der Waals surface area contributed by atoms with Gasteiger partial charge in [0.25, 0.3) is 0 Å². The van der Waals surface area contributed by atoms with E-state index >= 15 is 0 Å². The highest BCUT2D eigenvalue weighted by atomic mass is 32.1. The van der Waals surface area contributed by atoms with Gasteiger partial charge >= 0.3 is 0 Å². The maximum absolute atomic E-state index is 12.7. The number of hydrogen-bond donors (Lipinski definition) is 0. The number of thiophene rings is 1. The second-order valence-electron chi connectivity index (χ2n) is 5.29. The number of hydrogen-bond acceptors (Lipinski definition) is 5. The van der Waals surface area contributed by atoms with Gasteiger partial charge in [-0.05, 0) is 31.2 Å². The quantitative estimate of drug-likeness (QED) is 0.852. The van der Waals surface area contributed by atoms with Crippen LogP contribution in [0.4, 0.5) is 5.82 Å². The van der Waals surface area contributed by atoms with E-state index in [2.05, 4.69) is 21.5 Å². The minimum absolute atomic E-state index is 0.000828. The van der Waals surface area contributed by atoms with Gasteiger partial charge in [0.05, 0.1) is 6.04 Å². The van der Waals surface area contributed by atoms with Gasteiger partial charge < -0.3 is 4.52 Å². The van der Waals surface area contributed by atoms with E-state index in [1.54, 1.807) is 16.2 Å². The van der Waals surface area contributed by atoms with Crippen LogP contribution >= 0.6 is 11.3 Å². The van der Waals surface area contributed by atoms with Gasteiger partial charge in [0.15, 0.2) is 5.82 Å². The summed E-state index contributed by atoms with van der Waals surface area (Å²) in [7, 11) is 0. The van der Waals surface area contributed by atoms with Crippen LogP contribution in [-0.2, 0) is 4.79 Å². The Bertz CT molecular complexity index is 637. The van der Waals surface area contributed by atoms with E-state index in [1.807, 2.05) is 19.1 Å². The van der Waals surface area contributed by atoms with E-state index in [1.165, 1.54) is 4.88 Å². The van der Waals surface area contributed by atoms with Crippen molar-refractivity contribution in [3.05, 3.63) is 34.2 Å². The fraction of sp³-hybridized carbons (Fsp3) is 0.429. The highest BCUT2D eigenvalue weighted by Crippen LogP contribution is 2.43. The molecule has 2 aromatic rings. The van der Waals surface area contributed by atoms with Gasteiger partial charge in [-0.3, -0.25) is 14.6 Å². The molecular formula is C14H15N3O2S. The van der Waals surface area contributed by atoms with E-state index in [0.717, 1.165) is 25.1 Å². The van der Waals surface area contributed by atoms with Crippen molar-refractivity contribution in [1.82, 2.24) is 10.1 Å². The highest BCUT2D eigenvalue weighted by molar-refractivity contribution is 7.10. The molecule has 2 aliphatic heterocycles. The Morgan fingerprint density at radius 1 is 1.50 bits per heavy atom. The fourth-order valence-electron chi connectivity index (χ4n) is 3.21. The first kappa shape index (κ1) is 12.1. The molecular weight excluding hydrogens is 274 g/mol. The SMILES string of the molecule is Cc1cc(N2C(=O)[C@H]3CCCN3[C@H]2c2cccs2)no1. The number of fused-ring (bicyclic) bond motifs is 1. The Morgan fingerprint density at radius 2 is 2.40 bits per heavy atom. The Hall–Kier alpha value is -1.66. The molecule has 104 valence electrons. The van der Waals surface area contributed by atoms with Crippen LogP contribution in [0.1, 0.15) is 29.6 Å². The molecule has 4 heterocycles. The lowest BCUT2D eigenvalue weighted by atomic mass is 10.2. The van der Waals surface area contributed by atoms with Crippen molar-refractivity contribution in [2.75, 3.05) is 11.4 Å². The summed E-state index contributed by atoms with van der Waals surface area (Å²) in [6.07, 6.45) is 2.00. The highest BCUT2D eigenvalue weighted by Gasteiger charge is 2.50. The van der Waals surface area contributed by atoms with E-state index < -0.39 is 0 Å². The Balaban J connectivity index is 1.80. The molecule has 0 spiro atoms. The van der Waals surface area contributed by atoms with Gasteiger partial charge in [0, 0.05) is 17.5 Å². The normalized spacial score (nSPS) is 26.4. The molecule has 0 unspecified atom stereocenters. The van der Waals surface area contributed by atoms with Crippen molar-refractivity contribution in [1.29, 1.82) is 0 Å². The van der Waals surface area contributed by atoms with Crippen molar-refractivity contribution in [3.8, 4) is 0 Å². The van der Waals surface area contributed by atoms with Crippen LogP contribution in [-0.4, -0.2) is 28.6 Å². The largest absolute Gasteiger partial charge is 0.360 e. The molecule has 0 aliphatic carbocycles. The zero-order chi connectivity index (χ0) is 13.7. The summed E-state index contributed by atoms with van der Waals surface area (Å²) >= 11 is 1.68. The van der Waals surface area contributed by atoms with Crippen LogP contribution in [0.5, 0.6) is 0 Å². The van der Waals surface area contributed by atoms with E-state index in [-0.39, 0.29) is 18.1 Å². The zero-order valence-electron chi connectivity index (χ0n) is 11.2. The Kier molecular flexibility index (Phi) is 2.68. The average Bonchev–Trinajstić information content (AvgIpc) is 3.16. The molecule has 1 amide bonds. The summed E-state index contributed by atoms with van der Waals surface area (Å²) in [5.41, 5.74) is 0. The third kappa shape index (κ3) is 1.65. The molecule has 4 rings (SSSR count). The van der Waals surface area contributed by atoms with Gasteiger partial charge in [0.2, 0.25) is 5.91 Å². The molecule has 5 nitrogen and oxygen atoms in total. The first-order valence-corrected chi connectivity index (χ1v) is 7.69. The number of aromatic nitrogens is 1. The minimum atomic E-state index is -0.0282. The van der Waals surface area contributed by atoms with E-state index in [9.17, 15) is 4.79 Å². The molecule has 0 saturated carbocycles. The lowest BCUT2D eigenvalue weighted by molar-refractivity contribution is -0.119. The standard InChI is InChI=1S/C14H15N3O2S/c1-9-8-12(15-19-9)17-13(11-5-3-7-20-11)16-6-2-4-10(16)14(17)18/h3,5,7-8,10,13H,2,4,6H2,1H3/t10-,13-/m1/s1. The third-order valence-electron chi connectivity index (χ3n) is 4.04. The van der Waals surface area contributed by atoms with Gasteiger partial charge in [0.1, 0.15) is 11.9 Å². The van der Waals surface area contributed by atoms with Crippen molar-refractivity contribution in [3.63, 3.8) is 0 Å². The van der Waals surface area contributed by atoms with Crippen LogP contribution < -0.4 is 4.90 Å². The number of anilines is 1. The zero-order valence-corrected chi connectivity index (χ0v) is 12.0. The lowest BCUT2D eigenvalue weighted by Crippen LogP contribution is -2.32. The van der Waals surface area contributed by atoms with Crippen molar-refractivity contribution >= 4 is 23.1 Å². The van der Waals surface area contributed by atoms with Crippen LogP contribution in [0.2, 0.25) is 0 Å². The summed E-state index contributed by atoms with van der Waals surface area (Å²) < 4.78 is 5.15. The molecule has 20 heavy (non-hydrogen) atoms. The van der Waals surface area contributed by atoms with Gasteiger partial charge in [-0.1, -0.05) is 11.2 Å². The molecule has 0 radical (unpaired) electrons. The molecule has 6 heteroatoms. The van der Waals surface area contributed by atoms with Crippen molar-refractivity contribution < 1.29 is 9.32 Å². The van der Waals surface area contributed by atoms with Gasteiger partial charge in [-0.2, -0.15) is 0 Å². The van der Waals surface area contributed by atoms with Gasteiger partial charge in [-0.25, -0.2) is 0 Å². The summed E-state index contributed by atoms with van der Waals surface area (Å²) in [6, 6.07) is 5.95. The number of rotatable bonds is 2. The molecule has 2 atom stereocenters. The molecule has 0 aromatic carbocycles. The van der Waals surface area contributed by atoms with E-state index in [0.29, 0.717) is 5.82 Å². The van der Waals surface area contributed by atoms with Crippen molar-refractivity contribution in [2.45, 2.75) is 32.0 Å². The number of carbonyl (C=O) groups excluding carboxylic acids is 1. The average molecular weight is 289 g/mol. The number of amides is 1. The maximum Gasteiger partial charge on any atom is 0.247 e. The van der Waals surface area contributed by atoms with E-state index in [4.69, 9.17) is 4.52 Å². The Labute approximate surface area is 120 Å². The van der Waals surface area contributed by atoms with Crippen LogP contribution in [0.3, 0.4) is 0 Å². The Morgan fingerprint density at radius 3 is 3.10 bits per heavy atom. The molecule has 2 aromatic heterocycles. The summed E-state index contributed by atoms with van der Waals surface area (Å²) in [5, 5.41) is 6.09. The number of aryl methyl sites for hydroxylation is 1. The smallest absolute Gasteiger partial charge is 0.247 e. The molecule has 0 bridgehead atoms. The topological polar surface area (TPSA) is 49.6 Å². The minimum Gasteiger partial charge on any atom is -0.360 e. The van der Waals surface area contributed by atoms with Crippen LogP contribution in [0.15, 0.2) is 28.1 Å².